The second-order valence-electron chi connectivity index (χ2n) is 4.35. The van der Waals surface area contributed by atoms with Crippen LogP contribution in [0.1, 0.15) is 11.1 Å². The van der Waals surface area contributed by atoms with Gasteiger partial charge in [0.25, 0.3) is 0 Å². The van der Waals surface area contributed by atoms with E-state index in [0.29, 0.717) is 17.9 Å². The maximum Gasteiger partial charge on any atom is 0.161 e. The smallest absolute Gasteiger partial charge is 0.161 e. The number of ether oxygens (including phenoxy) is 2. The van der Waals surface area contributed by atoms with Crippen molar-refractivity contribution in [1.29, 1.82) is 0 Å². The molecule has 104 valence electrons. The van der Waals surface area contributed by atoms with Crippen molar-refractivity contribution in [3.63, 3.8) is 0 Å². The molecule has 0 saturated heterocycles. The van der Waals surface area contributed by atoms with E-state index < -0.39 is 0 Å². The van der Waals surface area contributed by atoms with Gasteiger partial charge in [0.15, 0.2) is 11.5 Å². The minimum atomic E-state index is 0.0835. The Morgan fingerprint density at radius 2 is 1.70 bits per heavy atom. The molecule has 0 aromatic heterocycles. The highest BCUT2D eigenvalue weighted by Crippen LogP contribution is 2.34. The monoisotopic (exact) mass is 270 g/mol. The first-order valence-corrected chi connectivity index (χ1v) is 6.40. The lowest BCUT2D eigenvalue weighted by atomic mass is 10.1. The molecule has 20 heavy (non-hydrogen) atoms. The Balaban J connectivity index is 2.18. The highest BCUT2D eigenvalue weighted by atomic mass is 16.5. The predicted molar refractivity (Wildman–Crippen MR) is 80.4 cm³/mol. The van der Waals surface area contributed by atoms with Crippen LogP contribution < -0.4 is 9.47 Å². The summed E-state index contributed by atoms with van der Waals surface area (Å²) in [6.45, 7) is 0. The van der Waals surface area contributed by atoms with Crippen molar-refractivity contribution < 1.29 is 14.6 Å². The molecule has 2 aromatic rings. The average Bonchev–Trinajstić information content (AvgIpc) is 2.49. The van der Waals surface area contributed by atoms with Crippen LogP contribution in [0, 0.1) is 0 Å². The van der Waals surface area contributed by atoms with Crippen LogP contribution in [0.25, 0.3) is 6.08 Å². The molecule has 0 fully saturated rings. The SMILES string of the molecule is COc1cc(C/C=C\c2ccccc2)c(OC)cc1O. The van der Waals surface area contributed by atoms with E-state index in [9.17, 15) is 5.11 Å². The van der Waals surface area contributed by atoms with Crippen molar-refractivity contribution in [3.05, 3.63) is 59.7 Å². The number of methoxy groups -OCH3 is 2. The third-order valence-electron chi connectivity index (χ3n) is 3.03. The van der Waals surface area contributed by atoms with E-state index in [1.165, 1.54) is 7.11 Å². The molecule has 0 saturated carbocycles. The molecular formula is C17H18O3. The van der Waals surface area contributed by atoms with Gasteiger partial charge in [-0.05, 0) is 18.1 Å². The van der Waals surface area contributed by atoms with E-state index in [1.807, 2.05) is 30.3 Å². The van der Waals surface area contributed by atoms with Crippen molar-refractivity contribution >= 4 is 6.08 Å². The van der Waals surface area contributed by atoms with Gasteiger partial charge in [-0.15, -0.1) is 0 Å². The van der Waals surface area contributed by atoms with Gasteiger partial charge in [-0.25, -0.2) is 0 Å². The molecule has 0 radical (unpaired) electrons. The van der Waals surface area contributed by atoms with E-state index in [1.54, 1.807) is 19.2 Å². The Kier molecular flexibility index (Phi) is 4.66. The molecule has 0 atom stereocenters. The van der Waals surface area contributed by atoms with Crippen LogP contribution in [-0.4, -0.2) is 19.3 Å². The summed E-state index contributed by atoms with van der Waals surface area (Å²) in [5.41, 5.74) is 2.12. The fraction of sp³-hybridized carbons (Fsp3) is 0.176. The number of rotatable bonds is 5. The lowest BCUT2D eigenvalue weighted by Gasteiger charge is -2.10. The zero-order valence-corrected chi connectivity index (χ0v) is 11.7. The average molecular weight is 270 g/mol. The zero-order valence-electron chi connectivity index (χ0n) is 11.7. The van der Waals surface area contributed by atoms with Gasteiger partial charge in [0.05, 0.1) is 14.2 Å². The summed E-state index contributed by atoms with van der Waals surface area (Å²) in [5.74, 6) is 1.19. The van der Waals surface area contributed by atoms with Crippen LogP contribution >= 0.6 is 0 Å². The second-order valence-corrected chi connectivity index (χ2v) is 4.35. The third-order valence-corrected chi connectivity index (χ3v) is 3.03. The van der Waals surface area contributed by atoms with Crippen molar-refractivity contribution in [2.24, 2.45) is 0 Å². The first-order chi connectivity index (χ1) is 9.74. The van der Waals surface area contributed by atoms with E-state index in [2.05, 4.69) is 12.2 Å². The Hall–Kier alpha value is -2.42. The van der Waals surface area contributed by atoms with Crippen molar-refractivity contribution in [2.75, 3.05) is 14.2 Å². The summed E-state index contributed by atoms with van der Waals surface area (Å²) in [6.07, 6.45) is 4.82. The molecule has 0 bridgehead atoms. The Morgan fingerprint density at radius 1 is 1.00 bits per heavy atom. The molecule has 0 aliphatic heterocycles. The molecule has 3 heteroatoms. The van der Waals surface area contributed by atoms with Gasteiger partial charge in [-0.1, -0.05) is 42.5 Å². The Bertz CT molecular complexity index is 589. The number of hydrogen-bond donors (Lipinski definition) is 1. The normalized spacial score (nSPS) is 10.7. The van der Waals surface area contributed by atoms with Crippen LogP contribution in [0.15, 0.2) is 48.5 Å². The van der Waals surface area contributed by atoms with Crippen molar-refractivity contribution in [1.82, 2.24) is 0 Å². The van der Waals surface area contributed by atoms with E-state index in [-0.39, 0.29) is 5.75 Å². The minimum absolute atomic E-state index is 0.0835. The van der Waals surface area contributed by atoms with Crippen LogP contribution in [0.2, 0.25) is 0 Å². The number of aromatic hydroxyl groups is 1. The zero-order chi connectivity index (χ0) is 14.4. The van der Waals surface area contributed by atoms with E-state index in [0.717, 1.165) is 11.1 Å². The Labute approximate surface area is 119 Å². The summed E-state index contributed by atoms with van der Waals surface area (Å²) in [5, 5.41) is 9.73. The topological polar surface area (TPSA) is 38.7 Å². The molecule has 2 aromatic carbocycles. The first kappa shape index (κ1) is 14.0. The minimum Gasteiger partial charge on any atom is -0.504 e. The number of benzene rings is 2. The summed E-state index contributed by atoms with van der Waals surface area (Å²) in [4.78, 5) is 0. The van der Waals surface area contributed by atoms with Crippen LogP contribution in [0.5, 0.6) is 17.2 Å². The molecule has 0 heterocycles. The first-order valence-electron chi connectivity index (χ1n) is 6.40. The molecule has 0 aliphatic rings. The summed E-state index contributed by atoms with van der Waals surface area (Å²) in [7, 11) is 3.12. The van der Waals surface area contributed by atoms with Gasteiger partial charge < -0.3 is 14.6 Å². The lowest BCUT2D eigenvalue weighted by Crippen LogP contribution is -1.93. The van der Waals surface area contributed by atoms with Gasteiger partial charge in [0.2, 0.25) is 0 Å². The van der Waals surface area contributed by atoms with Gasteiger partial charge in [-0.3, -0.25) is 0 Å². The number of hydrogen-bond acceptors (Lipinski definition) is 3. The van der Waals surface area contributed by atoms with Crippen LogP contribution in [-0.2, 0) is 6.42 Å². The van der Waals surface area contributed by atoms with Gasteiger partial charge in [0, 0.05) is 11.6 Å². The largest absolute Gasteiger partial charge is 0.504 e. The van der Waals surface area contributed by atoms with Crippen molar-refractivity contribution in [2.45, 2.75) is 6.42 Å². The van der Waals surface area contributed by atoms with Gasteiger partial charge in [0.1, 0.15) is 5.75 Å². The standard InChI is InChI=1S/C17H18O3/c1-19-16-12-15(18)17(20-2)11-14(16)10-6-9-13-7-4-3-5-8-13/h3-9,11-12,18H,10H2,1-2H3/b9-6-. The highest BCUT2D eigenvalue weighted by molar-refractivity contribution is 5.53. The summed E-state index contributed by atoms with van der Waals surface area (Å²) >= 11 is 0. The van der Waals surface area contributed by atoms with Gasteiger partial charge >= 0.3 is 0 Å². The highest BCUT2D eigenvalue weighted by Gasteiger charge is 2.09. The molecular weight excluding hydrogens is 252 g/mol. The second kappa shape index (κ2) is 6.66. The number of phenols is 1. The maximum atomic E-state index is 9.73. The lowest BCUT2D eigenvalue weighted by molar-refractivity contribution is 0.364. The van der Waals surface area contributed by atoms with Crippen LogP contribution in [0.4, 0.5) is 0 Å². The third kappa shape index (κ3) is 3.32. The Morgan fingerprint density at radius 3 is 2.35 bits per heavy atom. The fourth-order valence-corrected chi connectivity index (χ4v) is 1.99. The van der Waals surface area contributed by atoms with Crippen LogP contribution in [0.3, 0.4) is 0 Å². The fourth-order valence-electron chi connectivity index (χ4n) is 1.99. The molecule has 0 unspecified atom stereocenters. The summed E-state index contributed by atoms with van der Waals surface area (Å²) in [6, 6.07) is 13.5. The molecule has 0 aliphatic carbocycles. The number of phenolic OH excluding ortho intramolecular Hbond substituents is 1. The summed E-state index contributed by atoms with van der Waals surface area (Å²) < 4.78 is 10.4. The molecule has 0 amide bonds. The van der Waals surface area contributed by atoms with E-state index in [4.69, 9.17) is 9.47 Å². The van der Waals surface area contributed by atoms with Crippen molar-refractivity contribution in [3.8, 4) is 17.2 Å². The maximum absolute atomic E-state index is 9.73. The van der Waals surface area contributed by atoms with E-state index >= 15 is 0 Å². The quantitative estimate of drug-likeness (QED) is 0.901. The van der Waals surface area contributed by atoms with Gasteiger partial charge in [-0.2, -0.15) is 0 Å². The molecule has 2 rings (SSSR count). The number of allylic oxidation sites excluding steroid dienone is 1. The molecule has 1 N–H and O–H groups in total. The molecule has 3 nitrogen and oxygen atoms in total. The predicted octanol–water partition coefficient (Wildman–Crippen LogP) is 3.67. The molecule has 0 spiro atoms.